The number of nitrogens with zero attached hydrogens (tertiary/aromatic N) is 2. The Kier molecular flexibility index (Phi) is 27.7. The standard InChI is InChI=1S/C53H86N2O12/c1-42-40-43(41-49(52(42)60)53(2,3)4)10-19-50(59)67-39-38-64-30-23-55(22-29-63-35-37-66-33-26-58)48-17-13-46(14-18-48)51(44-8-6-5-7-9-44)45-11-15-47(16-12-45)54(20-27-61-31-24-56)21-28-62-34-36-65-32-25-57/h6,8,11,13-15,17,40-41,44-45,47-48,51,56-58,60H,5,7,9-10,12,16,18-39H2,1-4H3. The molecular weight excluding hydrogens is 857 g/mol. The highest BCUT2D eigenvalue weighted by Crippen LogP contribution is 2.42. The van der Waals surface area contributed by atoms with Crippen LogP contribution < -0.4 is 0 Å². The first kappa shape index (κ1) is 56.6. The Morgan fingerprint density at radius 3 is 1.73 bits per heavy atom. The van der Waals surface area contributed by atoms with Gasteiger partial charge in [-0.25, -0.2) is 0 Å². The van der Waals surface area contributed by atoms with Crippen molar-refractivity contribution in [2.45, 2.75) is 96.6 Å². The molecule has 0 saturated carbocycles. The summed E-state index contributed by atoms with van der Waals surface area (Å²) in [4.78, 5) is 17.5. The third kappa shape index (κ3) is 21.3. The summed E-state index contributed by atoms with van der Waals surface area (Å²) in [5, 5.41) is 37.8. The molecule has 5 unspecified atom stereocenters. The SMILES string of the molecule is Cc1cc(CCC(=O)OCCOCCN(CCOCCOCCO)C2C=CC(C(C3C=CCCC3)C3C=CC(N(CCOCCO)CCOCCOCCO)CC3)=CC2)cc(C(C)(C)C)c1O. The maximum Gasteiger partial charge on any atom is 0.306 e. The van der Waals surface area contributed by atoms with E-state index in [0.717, 1.165) is 62.0 Å². The molecule has 0 saturated heterocycles. The molecule has 5 atom stereocenters. The Morgan fingerprint density at radius 2 is 1.22 bits per heavy atom. The van der Waals surface area contributed by atoms with Crippen molar-refractivity contribution >= 4 is 5.97 Å². The van der Waals surface area contributed by atoms with Crippen LogP contribution in [-0.4, -0.2) is 180 Å². The second kappa shape index (κ2) is 32.8. The maximum atomic E-state index is 12.7. The van der Waals surface area contributed by atoms with Gasteiger partial charge in [0.1, 0.15) is 12.4 Å². The molecule has 0 amide bonds. The zero-order chi connectivity index (χ0) is 48.1. The second-order valence-corrected chi connectivity index (χ2v) is 18.8. The molecule has 1 aromatic rings. The minimum Gasteiger partial charge on any atom is -0.507 e. The summed E-state index contributed by atoms with van der Waals surface area (Å²) in [6, 6.07) is 4.39. The Hall–Kier alpha value is -2.99. The number of phenols is 1. The lowest BCUT2D eigenvalue weighted by molar-refractivity contribution is -0.145. The molecule has 0 heterocycles. The number of carbonyl (C=O) groups excluding carboxylic acids is 1. The van der Waals surface area contributed by atoms with Crippen LogP contribution in [0.5, 0.6) is 5.75 Å². The van der Waals surface area contributed by atoms with Gasteiger partial charge in [-0.3, -0.25) is 14.6 Å². The smallest absolute Gasteiger partial charge is 0.306 e. The summed E-state index contributed by atoms with van der Waals surface area (Å²) in [7, 11) is 0. The van der Waals surface area contributed by atoms with Crippen LogP contribution in [0.2, 0.25) is 0 Å². The topological polar surface area (TPSA) is 169 Å². The molecule has 0 bridgehead atoms. The Morgan fingerprint density at radius 1 is 0.672 bits per heavy atom. The predicted octanol–water partition coefficient (Wildman–Crippen LogP) is 5.72. The Bertz CT molecular complexity index is 1640. The molecule has 14 heteroatoms. The van der Waals surface area contributed by atoms with Gasteiger partial charge in [-0.15, -0.1) is 0 Å². The zero-order valence-corrected chi connectivity index (χ0v) is 41.3. The number of esters is 1. The molecular formula is C53H86N2O12. The van der Waals surface area contributed by atoms with E-state index in [-0.39, 0.29) is 56.3 Å². The number of allylic oxidation sites excluding steroid dienone is 5. The van der Waals surface area contributed by atoms with Gasteiger partial charge in [-0.05, 0) is 97.3 Å². The van der Waals surface area contributed by atoms with Crippen LogP contribution >= 0.6 is 0 Å². The lowest BCUT2D eigenvalue weighted by atomic mass is 9.69. The molecule has 4 rings (SSSR count). The number of aromatic hydroxyl groups is 1. The number of hydrogen-bond donors (Lipinski definition) is 4. The van der Waals surface area contributed by atoms with Gasteiger partial charge in [-0.2, -0.15) is 0 Å². The normalized spacial score (nSPS) is 20.2. The van der Waals surface area contributed by atoms with Crippen molar-refractivity contribution in [3.8, 4) is 5.75 Å². The quantitative estimate of drug-likeness (QED) is 0.0371. The maximum absolute atomic E-state index is 12.7. The van der Waals surface area contributed by atoms with Crippen LogP contribution in [0.25, 0.3) is 0 Å². The summed E-state index contributed by atoms with van der Waals surface area (Å²) in [5.74, 6) is 1.34. The molecule has 14 nitrogen and oxygen atoms in total. The van der Waals surface area contributed by atoms with Crippen molar-refractivity contribution in [3.05, 3.63) is 76.9 Å². The van der Waals surface area contributed by atoms with Crippen molar-refractivity contribution in [1.82, 2.24) is 9.80 Å². The average Bonchev–Trinajstić information content (AvgIpc) is 3.33. The largest absolute Gasteiger partial charge is 0.507 e. The van der Waals surface area contributed by atoms with E-state index in [9.17, 15) is 15.0 Å². The highest BCUT2D eigenvalue weighted by molar-refractivity contribution is 5.69. The van der Waals surface area contributed by atoms with E-state index in [1.54, 1.807) is 0 Å². The summed E-state index contributed by atoms with van der Waals surface area (Å²) >= 11 is 0. The molecule has 0 aliphatic heterocycles. The van der Waals surface area contributed by atoms with E-state index in [1.165, 1.54) is 18.4 Å². The highest BCUT2D eigenvalue weighted by atomic mass is 16.6. The number of carbonyl (C=O) groups is 1. The molecule has 380 valence electrons. The van der Waals surface area contributed by atoms with Gasteiger partial charge in [-0.1, -0.05) is 75.4 Å². The van der Waals surface area contributed by atoms with Gasteiger partial charge in [0.2, 0.25) is 0 Å². The van der Waals surface area contributed by atoms with E-state index in [2.05, 4.69) is 73.1 Å². The lowest BCUT2D eigenvalue weighted by Crippen LogP contribution is -2.41. The predicted molar refractivity (Wildman–Crippen MR) is 261 cm³/mol. The Balaban J connectivity index is 1.32. The van der Waals surface area contributed by atoms with Gasteiger partial charge in [0.05, 0.1) is 99.1 Å². The van der Waals surface area contributed by atoms with Crippen LogP contribution in [0.15, 0.2) is 60.2 Å². The van der Waals surface area contributed by atoms with E-state index in [4.69, 9.17) is 43.4 Å². The van der Waals surface area contributed by atoms with Crippen molar-refractivity contribution < 1.29 is 58.4 Å². The van der Waals surface area contributed by atoms with E-state index in [0.29, 0.717) is 116 Å². The fraction of sp³-hybridized carbons (Fsp3) is 0.717. The molecule has 0 radical (unpaired) electrons. The summed E-state index contributed by atoms with van der Waals surface area (Å²) < 4.78 is 39.8. The van der Waals surface area contributed by atoms with Crippen LogP contribution in [0.1, 0.15) is 82.4 Å². The second-order valence-electron chi connectivity index (χ2n) is 18.8. The van der Waals surface area contributed by atoms with Gasteiger partial charge in [0, 0.05) is 44.7 Å². The number of aliphatic hydroxyl groups is 3. The van der Waals surface area contributed by atoms with Gasteiger partial charge >= 0.3 is 5.97 Å². The van der Waals surface area contributed by atoms with Crippen LogP contribution in [-0.2, 0) is 49.8 Å². The monoisotopic (exact) mass is 943 g/mol. The fourth-order valence-electron chi connectivity index (χ4n) is 9.28. The number of phenolic OH excluding ortho intramolecular Hbond substituents is 1. The first-order valence-corrected chi connectivity index (χ1v) is 25.0. The number of ether oxygens (including phenoxy) is 7. The number of benzene rings is 1. The van der Waals surface area contributed by atoms with Gasteiger partial charge in [0.15, 0.2) is 0 Å². The van der Waals surface area contributed by atoms with Gasteiger partial charge < -0.3 is 53.6 Å². The third-order valence-electron chi connectivity index (χ3n) is 12.8. The minimum atomic E-state index is -0.268. The number of rotatable bonds is 35. The molecule has 4 N–H and O–H groups in total. The number of aryl methyl sites for hydroxylation is 2. The molecule has 3 aliphatic carbocycles. The average molecular weight is 943 g/mol. The lowest BCUT2D eigenvalue weighted by Gasteiger charge is -2.39. The fourth-order valence-corrected chi connectivity index (χ4v) is 9.28. The van der Waals surface area contributed by atoms with Crippen molar-refractivity contribution in [2.75, 3.05) is 132 Å². The van der Waals surface area contributed by atoms with Crippen LogP contribution in [0.4, 0.5) is 0 Å². The summed E-state index contributed by atoms with van der Waals surface area (Å²) in [6.45, 7) is 16.5. The van der Waals surface area contributed by atoms with E-state index < -0.39 is 0 Å². The van der Waals surface area contributed by atoms with E-state index in [1.807, 2.05) is 19.1 Å². The summed E-state index contributed by atoms with van der Waals surface area (Å²) in [5.41, 5.74) is 3.90. The number of hydrogen-bond acceptors (Lipinski definition) is 14. The molecule has 0 fully saturated rings. The van der Waals surface area contributed by atoms with Crippen LogP contribution in [0.3, 0.4) is 0 Å². The first-order chi connectivity index (χ1) is 32.5. The van der Waals surface area contributed by atoms with Gasteiger partial charge in [0.25, 0.3) is 0 Å². The van der Waals surface area contributed by atoms with Crippen molar-refractivity contribution in [3.63, 3.8) is 0 Å². The zero-order valence-electron chi connectivity index (χ0n) is 41.3. The molecule has 0 spiro atoms. The van der Waals surface area contributed by atoms with Crippen molar-refractivity contribution in [2.24, 2.45) is 17.8 Å². The van der Waals surface area contributed by atoms with Crippen LogP contribution in [0, 0.1) is 24.7 Å². The highest BCUT2D eigenvalue weighted by Gasteiger charge is 2.34. The number of aliphatic hydroxyl groups excluding tert-OH is 3. The Labute approximate surface area is 401 Å². The molecule has 0 aromatic heterocycles. The van der Waals surface area contributed by atoms with E-state index >= 15 is 0 Å². The first-order valence-electron chi connectivity index (χ1n) is 25.0. The molecule has 1 aromatic carbocycles. The summed E-state index contributed by atoms with van der Waals surface area (Å²) in [6.07, 6.45) is 24.2. The minimum absolute atomic E-state index is 0.00710. The molecule has 3 aliphatic rings. The van der Waals surface area contributed by atoms with Crippen molar-refractivity contribution in [1.29, 1.82) is 0 Å². The molecule has 67 heavy (non-hydrogen) atoms. The third-order valence-corrected chi connectivity index (χ3v) is 12.8.